The normalized spacial score (nSPS) is 42.9. The van der Waals surface area contributed by atoms with Crippen LogP contribution in [0.15, 0.2) is 23.8 Å². The van der Waals surface area contributed by atoms with E-state index in [4.69, 9.17) is 4.74 Å². The van der Waals surface area contributed by atoms with Gasteiger partial charge >= 0.3 is 5.97 Å². The zero-order valence-corrected chi connectivity index (χ0v) is 14.9. The Labute approximate surface area is 139 Å². The Balaban J connectivity index is 1.88. The summed E-state index contributed by atoms with van der Waals surface area (Å²) < 4.78 is 5.50. The van der Waals surface area contributed by atoms with Gasteiger partial charge in [0.05, 0.1) is 6.10 Å². The molecule has 2 fully saturated rings. The van der Waals surface area contributed by atoms with Gasteiger partial charge in [0, 0.05) is 6.08 Å². The molecule has 1 heterocycles. The van der Waals surface area contributed by atoms with Crippen molar-refractivity contribution in [3.05, 3.63) is 23.8 Å². The standard InChI is InChI=1S/C20H30O3/c1-12-6-7-16-19(3,4)17(21)8-9-20(16,5)14(12)11-15-13(2)10-18(22)23-15/h10,14-17,21H,1,6-9,11H2,2-5H3/t14-,15-,16-,17-,20+/m1/s1. The second-order valence-electron chi connectivity index (χ2n) is 8.73. The quantitative estimate of drug-likeness (QED) is 0.618. The Morgan fingerprint density at radius 1 is 1.35 bits per heavy atom. The molecule has 1 aliphatic heterocycles. The molecule has 2 aliphatic carbocycles. The summed E-state index contributed by atoms with van der Waals surface area (Å²) in [5.74, 6) is 0.623. The SMILES string of the molecule is C=C1CC[C@@H]2C(C)(C)[C@H](O)CC[C@@]2(C)[C@@H]1C[C@H]1OC(=O)C=C1C. The van der Waals surface area contributed by atoms with Crippen LogP contribution in [0.1, 0.15) is 59.8 Å². The molecule has 0 unspecified atom stereocenters. The van der Waals surface area contributed by atoms with Gasteiger partial charge in [-0.25, -0.2) is 4.79 Å². The molecule has 0 saturated heterocycles. The van der Waals surface area contributed by atoms with Gasteiger partial charge in [-0.3, -0.25) is 0 Å². The van der Waals surface area contributed by atoms with Crippen LogP contribution >= 0.6 is 0 Å². The van der Waals surface area contributed by atoms with Gasteiger partial charge in [-0.05, 0) is 67.3 Å². The third kappa shape index (κ3) is 2.57. The first-order chi connectivity index (χ1) is 10.7. The van der Waals surface area contributed by atoms with Gasteiger partial charge in [0.25, 0.3) is 0 Å². The molecule has 0 aromatic carbocycles. The highest BCUT2D eigenvalue weighted by atomic mass is 16.5. The molecule has 0 aromatic heterocycles. The summed E-state index contributed by atoms with van der Waals surface area (Å²) in [4.78, 5) is 11.5. The van der Waals surface area contributed by atoms with Gasteiger partial charge in [-0.2, -0.15) is 0 Å². The number of fused-ring (bicyclic) bond motifs is 1. The van der Waals surface area contributed by atoms with Crippen LogP contribution in [-0.4, -0.2) is 23.3 Å². The molecule has 23 heavy (non-hydrogen) atoms. The van der Waals surface area contributed by atoms with E-state index in [1.165, 1.54) is 5.57 Å². The fraction of sp³-hybridized carbons (Fsp3) is 0.750. The number of hydrogen-bond acceptors (Lipinski definition) is 3. The van der Waals surface area contributed by atoms with Gasteiger partial charge in [0.15, 0.2) is 0 Å². The molecule has 3 heteroatoms. The van der Waals surface area contributed by atoms with E-state index in [1.54, 1.807) is 6.08 Å². The maximum Gasteiger partial charge on any atom is 0.331 e. The minimum atomic E-state index is -0.224. The fourth-order valence-electron chi connectivity index (χ4n) is 5.60. The predicted octanol–water partition coefficient (Wildman–Crippen LogP) is 4.02. The molecule has 0 aromatic rings. The van der Waals surface area contributed by atoms with E-state index in [1.807, 2.05) is 6.92 Å². The van der Waals surface area contributed by atoms with Crippen LogP contribution in [-0.2, 0) is 9.53 Å². The van der Waals surface area contributed by atoms with E-state index >= 15 is 0 Å². The second kappa shape index (κ2) is 5.47. The van der Waals surface area contributed by atoms with Crippen LogP contribution in [0.2, 0.25) is 0 Å². The zero-order valence-electron chi connectivity index (χ0n) is 14.9. The summed E-state index contributed by atoms with van der Waals surface area (Å²) in [7, 11) is 0. The van der Waals surface area contributed by atoms with Crippen LogP contribution in [0.4, 0.5) is 0 Å². The Kier molecular flexibility index (Phi) is 3.99. The number of cyclic esters (lactones) is 1. The minimum absolute atomic E-state index is 0.0663. The lowest BCUT2D eigenvalue weighted by Gasteiger charge is -2.59. The summed E-state index contributed by atoms with van der Waals surface area (Å²) in [5, 5.41) is 10.5. The number of esters is 1. The van der Waals surface area contributed by atoms with Gasteiger partial charge < -0.3 is 9.84 Å². The molecular weight excluding hydrogens is 288 g/mol. The van der Waals surface area contributed by atoms with E-state index in [9.17, 15) is 9.90 Å². The monoisotopic (exact) mass is 318 g/mol. The van der Waals surface area contributed by atoms with Crippen molar-refractivity contribution >= 4 is 5.97 Å². The molecular formula is C20H30O3. The van der Waals surface area contributed by atoms with Crippen LogP contribution < -0.4 is 0 Å². The third-order valence-corrected chi connectivity index (χ3v) is 7.11. The third-order valence-electron chi connectivity index (χ3n) is 7.11. The first-order valence-corrected chi connectivity index (χ1v) is 8.91. The summed E-state index contributed by atoms with van der Waals surface area (Å²) >= 11 is 0. The van der Waals surface area contributed by atoms with E-state index in [2.05, 4.69) is 27.4 Å². The predicted molar refractivity (Wildman–Crippen MR) is 90.7 cm³/mol. The molecule has 3 rings (SSSR count). The number of aliphatic hydroxyl groups excluding tert-OH is 1. The average Bonchev–Trinajstić information content (AvgIpc) is 2.77. The van der Waals surface area contributed by atoms with Crippen molar-refractivity contribution in [3.8, 4) is 0 Å². The Morgan fingerprint density at radius 2 is 2.04 bits per heavy atom. The minimum Gasteiger partial charge on any atom is -0.455 e. The second-order valence-corrected chi connectivity index (χ2v) is 8.73. The van der Waals surface area contributed by atoms with Gasteiger partial charge in [-0.15, -0.1) is 0 Å². The van der Waals surface area contributed by atoms with Crippen LogP contribution in [0.25, 0.3) is 0 Å². The highest BCUT2D eigenvalue weighted by molar-refractivity contribution is 5.85. The number of rotatable bonds is 2. The van der Waals surface area contributed by atoms with E-state index in [-0.39, 0.29) is 29.0 Å². The molecule has 0 spiro atoms. The van der Waals surface area contributed by atoms with E-state index < -0.39 is 0 Å². The summed E-state index contributed by atoms with van der Waals surface area (Å²) in [6.45, 7) is 13.1. The molecule has 5 atom stereocenters. The largest absolute Gasteiger partial charge is 0.455 e. The molecule has 0 bridgehead atoms. The topological polar surface area (TPSA) is 46.5 Å². The van der Waals surface area contributed by atoms with Gasteiger partial charge in [0.1, 0.15) is 6.10 Å². The molecule has 3 nitrogen and oxygen atoms in total. The van der Waals surface area contributed by atoms with Crippen molar-refractivity contribution in [2.24, 2.45) is 22.7 Å². The lowest BCUT2D eigenvalue weighted by atomic mass is 9.46. The first kappa shape index (κ1) is 16.8. The Morgan fingerprint density at radius 3 is 2.65 bits per heavy atom. The fourth-order valence-corrected chi connectivity index (χ4v) is 5.60. The van der Waals surface area contributed by atoms with Crippen molar-refractivity contribution in [3.63, 3.8) is 0 Å². The maximum atomic E-state index is 11.5. The number of aliphatic hydroxyl groups is 1. The zero-order chi connectivity index (χ0) is 17.0. The van der Waals surface area contributed by atoms with Crippen LogP contribution in [0, 0.1) is 22.7 Å². The molecule has 1 N–H and O–H groups in total. The van der Waals surface area contributed by atoms with E-state index in [0.29, 0.717) is 11.8 Å². The van der Waals surface area contributed by atoms with Gasteiger partial charge in [-0.1, -0.05) is 32.9 Å². The van der Waals surface area contributed by atoms with Crippen molar-refractivity contribution in [2.75, 3.05) is 0 Å². The average molecular weight is 318 g/mol. The lowest BCUT2D eigenvalue weighted by molar-refractivity contribution is -0.144. The Bertz CT molecular complexity index is 559. The number of carbonyl (C=O) groups is 1. The summed E-state index contributed by atoms with van der Waals surface area (Å²) in [6.07, 6.45) is 6.13. The number of carbonyl (C=O) groups excluding carboxylic acids is 1. The van der Waals surface area contributed by atoms with Crippen molar-refractivity contribution in [2.45, 2.75) is 72.0 Å². The van der Waals surface area contributed by atoms with Gasteiger partial charge in [0.2, 0.25) is 0 Å². The van der Waals surface area contributed by atoms with Crippen LogP contribution in [0.3, 0.4) is 0 Å². The number of ether oxygens (including phenoxy) is 1. The van der Waals surface area contributed by atoms with Crippen molar-refractivity contribution in [1.82, 2.24) is 0 Å². The smallest absolute Gasteiger partial charge is 0.331 e. The first-order valence-electron chi connectivity index (χ1n) is 8.91. The molecule has 2 saturated carbocycles. The van der Waals surface area contributed by atoms with E-state index in [0.717, 1.165) is 37.7 Å². The van der Waals surface area contributed by atoms with Crippen LogP contribution in [0.5, 0.6) is 0 Å². The van der Waals surface area contributed by atoms with Crippen molar-refractivity contribution < 1.29 is 14.6 Å². The lowest BCUT2D eigenvalue weighted by Crippen LogP contribution is -2.55. The summed E-state index contributed by atoms with van der Waals surface area (Å²) in [6, 6.07) is 0. The molecule has 0 amide bonds. The highest BCUT2D eigenvalue weighted by Gasteiger charge is 2.56. The number of allylic oxidation sites excluding steroid dienone is 1. The van der Waals surface area contributed by atoms with Crippen molar-refractivity contribution in [1.29, 1.82) is 0 Å². The maximum absolute atomic E-state index is 11.5. The Hall–Kier alpha value is -1.09. The molecule has 0 radical (unpaired) electrons. The summed E-state index contributed by atoms with van der Waals surface area (Å²) in [5.41, 5.74) is 2.39. The molecule has 128 valence electrons. The highest BCUT2D eigenvalue weighted by Crippen LogP contribution is 2.62. The molecule has 3 aliphatic rings. The number of hydrogen-bond donors (Lipinski definition) is 1.